The number of halogens is 1. The molecule has 0 aromatic heterocycles. The predicted molar refractivity (Wildman–Crippen MR) is 73.0 cm³/mol. The van der Waals surface area contributed by atoms with E-state index in [9.17, 15) is 5.11 Å². The zero-order valence-electron chi connectivity index (χ0n) is 10.5. The van der Waals surface area contributed by atoms with Crippen LogP contribution < -0.4 is 5.32 Å². The molecule has 1 aliphatic rings. The minimum absolute atomic E-state index is 0.133. The number of phenolic OH excluding ortho intramolecular Hbond substituents is 1. The molecule has 0 heterocycles. The van der Waals surface area contributed by atoms with E-state index in [1.54, 1.807) is 12.1 Å². The van der Waals surface area contributed by atoms with Gasteiger partial charge in [0.15, 0.2) is 0 Å². The second-order valence-electron chi connectivity index (χ2n) is 4.83. The summed E-state index contributed by atoms with van der Waals surface area (Å²) in [6.07, 6.45) is 3.72. The molecule has 1 aromatic carbocycles. The molecular formula is C14H20ClNO2. The van der Waals surface area contributed by atoms with E-state index in [1.807, 2.05) is 6.07 Å². The van der Waals surface area contributed by atoms with Crippen LogP contribution in [0.25, 0.3) is 0 Å². The lowest BCUT2D eigenvalue weighted by molar-refractivity contribution is 0.122. The van der Waals surface area contributed by atoms with Gasteiger partial charge in [0.05, 0.1) is 5.02 Å². The molecule has 0 saturated heterocycles. The van der Waals surface area contributed by atoms with Crippen molar-refractivity contribution in [1.82, 2.24) is 5.32 Å². The van der Waals surface area contributed by atoms with E-state index in [1.165, 1.54) is 12.8 Å². The fourth-order valence-electron chi connectivity index (χ4n) is 1.73. The van der Waals surface area contributed by atoms with Gasteiger partial charge in [0.1, 0.15) is 5.75 Å². The molecule has 0 atom stereocenters. The smallest absolute Gasteiger partial charge is 0.134 e. The summed E-state index contributed by atoms with van der Waals surface area (Å²) >= 11 is 5.83. The molecular weight excluding hydrogens is 250 g/mol. The SMILES string of the molecule is Oc1ccc(CNCCCOCC2CC2)cc1Cl. The summed E-state index contributed by atoms with van der Waals surface area (Å²) in [4.78, 5) is 0. The molecule has 1 aliphatic carbocycles. The van der Waals surface area contributed by atoms with Crippen molar-refractivity contribution in [3.8, 4) is 5.75 Å². The minimum Gasteiger partial charge on any atom is -0.506 e. The first kappa shape index (κ1) is 13.7. The topological polar surface area (TPSA) is 41.5 Å². The summed E-state index contributed by atoms with van der Waals surface area (Å²) in [5.74, 6) is 0.978. The molecule has 0 spiro atoms. The molecule has 0 amide bonds. The summed E-state index contributed by atoms with van der Waals surface area (Å²) in [5, 5.41) is 13.0. The molecule has 2 N–H and O–H groups in total. The van der Waals surface area contributed by atoms with Gasteiger partial charge in [0.25, 0.3) is 0 Å². The first-order chi connectivity index (χ1) is 8.75. The standard InChI is InChI=1S/C14H20ClNO2/c15-13-8-12(4-5-14(13)17)9-16-6-1-7-18-10-11-2-3-11/h4-5,8,11,16-17H,1-3,6-7,9-10H2. The molecule has 1 aromatic rings. The molecule has 18 heavy (non-hydrogen) atoms. The lowest BCUT2D eigenvalue weighted by Crippen LogP contribution is -2.16. The molecule has 0 bridgehead atoms. The Hall–Kier alpha value is -0.770. The highest BCUT2D eigenvalue weighted by molar-refractivity contribution is 6.32. The summed E-state index contributed by atoms with van der Waals surface area (Å²) in [6, 6.07) is 5.28. The van der Waals surface area contributed by atoms with Crippen molar-refractivity contribution in [3.05, 3.63) is 28.8 Å². The van der Waals surface area contributed by atoms with Gasteiger partial charge in [-0.05, 0) is 49.4 Å². The van der Waals surface area contributed by atoms with E-state index >= 15 is 0 Å². The predicted octanol–water partition coefficient (Wildman–Crippen LogP) is 2.95. The van der Waals surface area contributed by atoms with Crippen LogP contribution in [0.15, 0.2) is 18.2 Å². The van der Waals surface area contributed by atoms with Gasteiger partial charge in [-0.3, -0.25) is 0 Å². The Morgan fingerprint density at radius 3 is 2.94 bits per heavy atom. The molecule has 1 fully saturated rings. The second kappa shape index (κ2) is 6.98. The van der Waals surface area contributed by atoms with Gasteiger partial charge in [-0.15, -0.1) is 0 Å². The Morgan fingerprint density at radius 2 is 2.22 bits per heavy atom. The highest BCUT2D eigenvalue weighted by Crippen LogP contribution is 2.28. The second-order valence-corrected chi connectivity index (χ2v) is 5.24. The van der Waals surface area contributed by atoms with Crippen LogP contribution in [0.5, 0.6) is 5.75 Å². The Kier molecular flexibility index (Phi) is 5.29. The molecule has 0 aliphatic heterocycles. The summed E-state index contributed by atoms with van der Waals surface area (Å²) in [7, 11) is 0. The average Bonchev–Trinajstić information content (AvgIpc) is 3.16. The third-order valence-electron chi connectivity index (χ3n) is 3.03. The van der Waals surface area contributed by atoms with Crippen molar-refractivity contribution < 1.29 is 9.84 Å². The highest BCUT2D eigenvalue weighted by Gasteiger charge is 2.20. The van der Waals surface area contributed by atoms with Crippen LogP contribution in [-0.2, 0) is 11.3 Å². The lowest BCUT2D eigenvalue weighted by atomic mass is 10.2. The van der Waals surface area contributed by atoms with E-state index in [0.29, 0.717) is 5.02 Å². The summed E-state index contributed by atoms with van der Waals surface area (Å²) in [6.45, 7) is 3.47. The van der Waals surface area contributed by atoms with Crippen LogP contribution in [0.3, 0.4) is 0 Å². The van der Waals surface area contributed by atoms with Crippen molar-refractivity contribution in [1.29, 1.82) is 0 Å². The molecule has 0 radical (unpaired) electrons. The number of hydrogen-bond donors (Lipinski definition) is 2. The summed E-state index contributed by atoms with van der Waals surface area (Å²) < 4.78 is 5.55. The third-order valence-corrected chi connectivity index (χ3v) is 3.34. The molecule has 3 nitrogen and oxygen atoms in total. The summed E-state index contributed by atoms with van der Waals surface area (Å²) in [5.41, 5.74) is 1.08. The quantitative estimate of drug-likeness (QED) is 0.713. The van der Waals surface area contributed by atoms with Crippen LogP contribution in [0.1, 0.15) is 24.8 Å². The van der Waals surface area contributed by atoms with Crippen LogP contribution in [0, 0.1) is 5.92 Å². The molecule has 2 rings (SSSR count). The van der Waals surface area contributed by atoms with Crippen LogP contribution in [0.2, 0.25) is 5.02 Å². The number of rotatable bonds is 8. The third kappa shape index (κ3) is 4.84. The van der Waals surface area contributed by atoms with Crippen LogP contribution >= 0.6 is 11.6 Å². The highest BCUT2D eigenvalue weighted by atomic mass is 35.5. The van der Waals surface area contributed by atoms with Gasteiger partial charge in [0, 0.05) is 19.8 Å². The Balaban J connectivity index is 1.52. The number of ether oxygens (including phenoxy) is 1. The van der Waals surface area contributed by atoms with E-state index in [0.717, 1.165) is 44.2 Å². The maximum Gasteiger partial charge on any atom is 0.134 e. The van der Waals surface area contributed by atoms with Gasteiger partial charge >= 0.3 is 0 Å². The van der Waals surface area contributed by atoms with E-state index in [-0.39, 0.29) is 5.75 Å². The minimum atomic E-state index is 0.133. The normalized spacial score (nSPS) is 14.9. The van der Waals surface area contributed by atoms with Gasteiger partial charge in [-0.2, -0.15) is 0 Å². The first-order valence-electron chi connectivity index (χ1n) is 6.51. The van der Waals surface area contributed by atoms with Crippen molar-refractivity contribution in [3.63, 3.8) is 0 Å². The molecule has 4 heteroatoms. The Morgan fingerprint density at radius 1 is 1.39 bits per heavy atom. The number of aromatic hydroxyl groups is 1. The number of benzene rings is 1. The van der Waals surface area contributed by atoms with Crippen LogP contribution in [0.4, 0.5) is 0 Å². The van der Waals surface area contributed by atoms with Crippen molar-refractivity contribution >= 4 is 11.6 Å². The molecule has 0 unspecified atom stereocenters. The van der Waals surface area contributed by atoms with E-state index < -0.39 is 0 Å². The van der Waals surface area contributed by atoms with Crippen molar-refractivity contribution in [2.24, 2.45) is 5.92 Å². The fraction of sp³-hybridized carbons (Fsp3) is 0.571. The van der Waals surface area contributed by atoms with Gasteiger partial charge in [-0.1, -0.05) is 17.7 Å². The maximum absolute atomic E-state index is 9.29. The first-order valence-corrected chi connectivity index (χ1v) is 6.89. The monoisotopic (exact) mass is 269 g/mol. The van der Waals surface area contributed by atoms with Crippen LogP contribution in [-0.4, -0.2) is 24.9 Å². The number of phenols is 1. The number of nitrogens with one attached hydrogen (secondary N) is 1. The van der Waals surface area contributed by atoms with Crippen molar-refractivity contribution in [2.45, 2.75) is 25.8 Å². The number of hydrogen-bond acceptors (Lipinski definition) is 3. The average molecular weight is 270 g/mol. The lowest BCUT2D eigenvalue weighted by Gasteiger charge is -2.06. The van der Waals surface area contributed by atoms with E-state index in [4.69, 9.17) is 16.3 Å². The molecule has 100 valence electrons. The fourth-order valence-corrected chi connectivity index (χ4v) is 1.93. The van der Waals surface area contributed by atoms with Gasteiger partial charge in [-0.25, -0.2) is 0 Å². The largest absolute Gasteiger partial charge is 0.506 e. The molecule has 1 saturated carbocycles. The zero-order chi connectivity index (χ0) is 12.8. The zero-order valence-corrected chi connectivity index (χ0v) is 11.2. The van der Waals surface area contributed by atoms with Crippen molar-refractivity contribution in [2.75, 3.05) is 19.8 Å². The van der Waals surface area contributed by atoms with E-state index in [2.05, 4.69) is 5.32 Å². The van der Waals surface area contributed by atoms with Gasteiger partial charge in [0.2, 0.25) is 0 Å². The maximum atomic E-state index is 9.29. The Labute approximate surface area is 113 Å². The van der Waals surface area contributed by atoms with Gasteiger partial charge < -0.3 is 15.2 Å². The Bertz CT molecular complexity index is 380.